The number of piperidine rings is 2. The van der Waals surface area contributed by atoms with E-state index < -0.39 is 33.2 Å². The molecule has 2 amide bonds. The number of fused-ring (bicyclic) bond motifs is 1. The number of nitrogens with zero attached hydrogens (tertiary/aromatic N) is 7. The van der Waals surface area contributed by atoms with Gasteiger partial charge in [-0.25, -0.2) is 22.8 Å². The molecule has 57 heavy (non-hydrogen) atoms. The Labute approximate surface area is 328 Å². The van der Waals surface area contributed by atoms with Gasteiger partial charge in [0.25, 0.3) is 0 Å². The first-order chi connectivity index (χ1) is 27.0. The van der Waals surface area contributed by atoms with Crippen LogP contribution in [0.5, 0.6) is 0 Å². The van der Waals surface area contributed by atoms with E-state index in [1.165, 1.54) is 21.3 Å². The third-order valence-corrected chi connectivity index (χ3v) is 12.6. The molecule has 2 aromatic carbocycles. The summed E-state index contributed by atoms with van der Waals surface area (Å²) in [5.41, 5.74) is -0.269. The largest absolute Gasteiger partial charge is 0.419 e. The van der Waals surface area contributed by atoms with Crippen molar-refractivity contribution in [3.05, 3.63) is 71.3 Å². The first kappa shape index (κ1) is 41.9. The van der Waals surface area contributed by atoms with Gasteiger partial charge in [0.15, 0.2) is 5.82 Å². The van der Waals surface area contributed by atoms with Crippen molar-refractivity contribution in [1.82, 2.24) is 34.3 Å². The van der Waals surface area contributed by atoms with Crippen molar-refractivity contribution in [2.45, 2.75) is 74.1 Å². The summed E-state index contributed by atoms with van der Waals surface area (Å²) in [6.07, 6.45) is -0.138. The van der Waals surface area contributed by atoms with Crippen molar-refractivity contribution in [2.24, 2.45) is 7.05 Å². The van der Waals surface area contributed by atoms with Crippen LogP contribution in [0.1, 0.15) is 61.6 Å². The third kappa shape index (κ3) is 9.88. The van der Waals surface area contributed by atoms with E-state index in [0.717, 1.165) is 35.4 Å². The highest BCUT2D eigenvalue weighted by molar-refractivity contribution is 7.89. The zero-order valence-electron chi connectivity index (χ0n) is 32.0. The normalized spacial score (nSPS) is 17.7. The number of benzene rings is 2. The number of aromatic nitrogens is 4. The number of anilines is 2. The molecule has 4 heterocycles. The molecule has 0 bridgehead atoms. The van der Waals surface area contributed by atoms with Gasteiger partial charge in [0.1, 0.15) is 5.82 Å². The number of likely N-dealkylation sites (tertiary alicyclic amines) is 1. The average Bonchev–Trinajstić information content (AvgIpc) is 3.50. The van der Waals surface area contributed by atoms with E-state index in [-0.39, 0.29) is 73.3 Å². The Morgan fingerprint density at radius 2 is 1.72 bits per heavy atom. The first-order valence-electron chi connectivity index (χ1n) is 18.8. The molecule has 1 atom stereocenters. The van der Waals surface area contributed by atoms with Crippen molar-refractivity contribution in [1.29, 1.82) is 0 Å². The number of hydrogen-bond donors (Lipinski definition) is 3. The summed E-state index contributed by atoms with van der Waals surface area (Å²) in [5, 5.41) is 22.4. The molecule has 4 aromatic rings. The Morgan fingerprint density at radius 3 is 2.35 bits per heavy atom. The van der Waals surface area contributed by atoms with Crippen LogP contribution in [0.3, 0.4) is 0 Å². The number of amides is 2. The van der Waals surface area contributed by atoms with Crippen LogP contribution in [0.25, 0.3) is 10.9 Å². The average molecular weight is 818 g/mol. The van der Waals surface area contributed by atoms with Crippen LogP contribution < -0.4 is 15.5 Å². The van der Waals surface area contributed by atoms with Crippen LogP contribution in [-0.4, -0.2) is 113 Å². The summed E-state index contributed by atoms with van der Waals surface area (Å²) in [5.74, 6) is -0.0555. The molecular weight excluding hydrogens is 771 g/mol. The summed E-state index contributed by atoms with van der Waals surface area (Å²) >= 11 is 0. The van der Waals surface area contributed by atoms with Gasteiger partial charge in [-0.2, -0.15) is 22.6 Å². The zero-order chi connectivity index (χ0) is 41.1. The number of β-amino-alcohol motifs (C(OH)–C–C–N with tert-alkyl or cyclic N) is 1. The van der Waals surface area contributed by atoms with E-state index in [0.29, 0.717) is 50.6 Å². The minimum atomic E-state index is -4.56. The number of carbonyl (C=O) groups is 2. The van der Waals surface area contributed by atoms with Crippen LogP contribution in [-0.2, 0) is 39.3 Å². The van der Waals surface area contributed by atoms with E-state index in [4.69, 9.17) is 0 Å². The van der Waals surface area contributed by atoms with E-state index >= 15 is 4.39 Å². The molecule has 0 radical (unpaired) electrons. The number of rotatable bonds is 14. The van der Waals surface area contributed by atoms with Gasteiger partial charge in [-0.15, -0.1) is 0 Å². The molecule has 2 aromatic heterocycles. The van der Waals surface area contributed by atoms with Crippen LogP contribution >= 0.6 is 0 Å². The van der Waals surface area contributed by atoms with Crippen LogP contribution in [0, 0.1) is 5.82 Å². The molecule has 3 N–H and O–H groups in total. The highest BCUT2D eigenvalue weighted by Gasteiger charge is 2.34. The topological polar surface area (TPSA) is 166 Å². The van der Waals surface area contributed by atoms with Gasteiger partial charge in [-0.05, 0) is 93.1 Å². The lowest BCUT2D eigenvalue weighted by atomic mass is 9.88. The summed E-state index contributed by atoms with van der Waals surface area (Å²) in [4.78, 5) is 34.5. The predicted octanol–water partition coefficient (Wildman–Crippen LogP) is 4.06. The second kappa shape index (κ2) is 17.0. The van der Waals surface area contributed by atoms with Crippen LogP contribution in [0.4, 0.5) is 29.3 Å². The lowest BCUT2D eigenvalue weighted by Crippen LogP contribution is -2.45. The maximum absolute atomic E-state index is 15.1. The van der Waals surface area contributed by atoms with Crippen molar-refractivity contribution < 1.29 is 40.7 Å². The van der Waals surface area contributed by atoms with Gasteiger partial charge < -0.3 is 20.6 Å². The van der Waals surface area contributed by atoms with E-state index in [9.17, 15) is 36.3 Å². The maximum atomic E-state index is 15.1. The fraction of sp³-hybridized carbons (Fsp3) is 0.500. The summed E-state index contributed by atoms with van der Waals surface area (Å²) < 4.78 is 83.9. The van der Waals surface area contributed by atoms with Gasteiger partial charge in [0, 0.05) is 76.9 Å². The Bertz CT molecular complexity index is 2170. The van der Waals surface area contributed by atoms with Crippen LogP contribution in [0.2, 0.25) is 0 Å². The minimum Gasteiger partial charge on any atom is -0.388 e. The minimum absolute atomic E-state index is 0.0165. The Balaban J connectivity index is 1.03. The lowest BCUT2D eigenvalue weighted by Gasteiger charge is -2.37. The molecule has 0 saturated carbocycles. The Morgan fingerprint density at radius 1 is 1.04 bits per heavy atom. The van der Waals surface area contributed by atoms with Crippen LogP contribution in [0.15, 0.2) is 53.7 Å². The number of halogens is 4. The first-order valence-corrected chi connectivity index (χ1v) is 20.2. The third-order valence-electron chi connectivity index (χ3n) is 10.7. The SMILES string of the molecule is CNC(=O)CCN(C=O)c1nn(C)c2cc(C3CCN(CC(C)(O)Cc4cc(S(=O)(=O)N5CCC(Nc6ncc(C(F)(F)F)cn6)CC5)ccc4F)CC3)ccc12. The number of aliphatic hydroxyl groups is 1. The van der Waals surface area contributed by atoms with E-state index in [2.05, 4.69) is 36.7 Å². The quantitative estimate of drug-likeness (QED) is 0.125. The molecule has 19 heteroatoms. The van der Waals surface area contributed by atoms with Crippen molar-refractivity contribution in [3.63, 3.8) is 0 Å². The number of aryl methyl sites for hydroxylation is 1. The molecule has 1 unspecified atom stereocenters. The summed E-state index contributed by atoms with van der Waals surface area (Å²) in [6, 6.07) is 9.39. The molecule has 0 aliphatic carbocycles. The number of hydrogen-bond acceptors (Lipinski definition) is 10. The maximum Gasteiger partial charge on any atom is 0.419 e. The van der Waals surface area contributed by atoms with Gasteiger partial charge >= 0.3 is 6.18 Å². The summed E-state index contributed by atoms with van der Waals surface area (Å²) in [7, 11) is -0.656. The monoisotopic (exact) mass is 817 g/mol. The van der Waals surface area contributed by atoms with Crippen molar-refractivity contribution in [3.8, 4) is 0 Å². The standard InChI is InChI=1S/C38H47F4N9O5S/c1-37(54,23-49-13-8-25(9-14-49)26-4-6-31-33(19-26)48(3)47-35(31)50(24-52)15-12-34(53)43-2)20-27-18-30(5-7-32(27)39)57(55,56)51-16-10-29(11-17-51)46-36-44-21-28(22-45-36)38(40,41)42/h4-7,18-19,21-22,24-25,29,54H,8-17,20,23H2,1-3H3,(H,43,53)(H,44,45,46). The molecule has 2 aliphatic rings. The number of nitrogens with one attached hydrogen (secondary N) is 2. The van der Waals surface area contributed by atoms with Gasteiger partial charge in [-0.1, -0.05) is 6.07 Å². The van der Waals surface area contributed by atoms with Crippen molar-refractivity contribution >= 4 is 45.0 Å². The molecule has 6 rings (SSSR count). The Kier molecular flexibility index (Phi) is 12.5. The summed E-state index contributed by atoms with van der Waals surface area (Å²) in [6.45, 7) is 3.67. The molecule has 14 nitrogen and oxygen atoms in total. The molecular formula is C38H47F4N9O5S. The number of carbonyl (C=O) groups excluding carboxylic acids is 2. The van der Waals surface area contributed by atoms with Crippen molar-refractivity contribution in [2.75, 3.05) is 56.5 Å². The molecule has 2 saturated heterocycles. The van der Waals surface area contributed by atoms with Gasteiger partial charge in [0.05, 0.1) is 21.6 Å². The fourth-order valence-corrected chi connectivity index (χ4v) is 9.14. The molecule has 0 spiro atoms. The second-order valence-corrected chi connectivity index (χ2v) is 17.0. The number of alkyl halides is 3. The predicted molar refractivity (Wildman–Crippen MR) is 204 cm³/mol. The smallest absolute Gasteiger partial charge is 0.388 e. The highest BCUT2D eigenvalue weighted by Crippen LogP contribution is 2.34. The fourth-order valence-electron chi connectivity index (χ4n) is 7.62. The van der Waals surface area contributed by atoms with Gasteiger partial charge in [-0.3, -0.25) is 19.2 Å². The molecule has 2 fully saturated rings. The van der Waals surface area contributed by atoms with Gasteiger partial charge in [0.2, 0.25) is 28.3 Å². The number of sulfonamides is 1. The Hall–Kier alpha value is -4.72. The molecule has 2 aliphatic heterocycles. The van der Waals surface area contributed by atoms with E-state index in [1.54, 1.807) is 18.7 Å². The lowest BCUT2D eigenvalue weighted by molar-refractivity contribution is -0.138. The van der Waals surface area contributed by atoms with E-state index in [1.807, 2.05) is 19.2 Å². The molecule has 308 valence electrons. The second-order valence-electron chi connectivity index (χ2n) is 15.0. The highest BCUT2D eigenvalue weighted by atomic mass is 32.2. The zero-order valence-corrected chi connectivity index (χ0v) is 32.8.